The third-order valence-corrected chi connectivity index (χ3v) is 2.85. The molecular weight excluding hydrogens is 188 g/mol. The van der Waals surface area contributed by atoms with Crippen LogP contribution in [0, 0.1) is 6.92 Å². The molecule has 0 saturated heterocycles. The lowest BCUT2D eigenvalue weighted by molar-refractivity contribution is 0.0777. The molecule has 0 aliphatic carbocycles. The minimum absolute atomic E-state index is 0.163. The molecule has 0 spiro atoms. The third-order valence-electron chi connectivity index (χ3n) is 2.85. The molecule has 1 aliphatic heterocycles. The van der Waals surface area contributed by atoms with Gasteiger partial charge >= 0.3 is 0 Å². The number of benzene rings is 1. The summed E-state index contributed by atoms with van der Waals surface area (Å²) in [6.45, 7) is 4.14. The van der Waals surface area contributed by atoms with Crippen LogP contribution in [0.15, 0.2) is 18.2 Å². The number of nitrogens with two attached hydrogens (primary N) is 1. The van der Waals surface area contributed by atoms with E-state index in [1.54, 1.807) is 0 Å². The van der Waals surface area contributed by atoms with Gasteiger partial charge in [0.15, 0.2) is 0 Å². The first kappa shape index (κ1) is 10.2. The smallest absolute Gasteiger partial charge is 0.254 e. The van der Waals surface area contributed by atoms with Crippen molar-refractivity contribution < 1.29 is 4.79 Å². The summed E-state index contributed by atoms with van der Waals surface area (Å²) in [7, 11) is 0. The minimum Gasteiger partial charge on any atom is -0.334 e. The van der Waals surface area contributed by atoms with Crippen LogP contribution in [0.4, 0.5) is 0 Å². The largest absolute Gasteiger partial charge is 0.334 e. The van der Waals surface area contributed by atoms with E-state index < -0.39 is 0 Å². The molecule has 1 heterocycles. The Morgan fingerprint density at radius 1 is 1.47 bits per heavy atom. The monoisotopic (exact) mass is 204 g/mol. The summed E-state index contributed by atoms with van der Waals surface area (Å²) in [6.07, 6.45) is 0.874. The number of amides is 1. The molecule has 0 aromatic heterocycles. The lowest BCUT2D eigenvalue weighted by atomic mass is 10.0. The molecule has 0 radical (unpaired) electrons. The van der Waals surface area contributed by atoms with Gasteiger partial charge in [0.2, 0.25) is 0 Å². The summed E-state index contributed by atoms with van der Waals surface area (Å²) in [4.78, 5) is 13.9. The summed E-state index contributed by atoms with van der Waals surface area (Å²) >= 11 is 0. The number of hydrogen-bond donors (Lipinski definition) is 1. The van der Waals surface area contributed by atoms with Gasteiger partial charge in [0.05, 0.1) is 0 Å². The number of hydrogen-bond acceptors (Lipinski definition) is 2. The van der Waals surface area contributed by atoms with Crippen LogP contribution in [0.3, 0.4) is 0 Å². The van der Waals surface area contributed by atoms with Gasteiger partial charge in [0.1, 0.15) is 0 Å². The number of nitrogens with zero attached hydrogens (tertiary/aromatic N) is 1. The van der Waals surface area contributed by atoms with Crippen LogP contribution in [0.2, 0.25) is 0 Å². The van der Waals surface area contributed by atoms with Crippen molar-refractivity contribution in [2.24, 2.45) is 5.73 Å². The molecule has 1 aromatic rings. The average molecular weight is 204 g/mol. The minimum atomic E-state index is 0.163. The van der Waals surface area contributed by atoms with Gasteiger partial charge < -0.3 is 10.6 Å². The second-order valence-electron chi connectivity index (χ2n) is 3.98. The number of carbonyl (C=O) groups excluding carboxylic acids is 1. The topological polar surface area (TPSA) is 46.3 Å². The highest BCUT2D eigenvalue weighted by Crippen LogP contribution is 2.25. The molecule has 1 amide bonds. The second-order valence-corrected chi connectivity index (χ2v) is 3.98. The maximum Gasteiger partial charge on any atom is 0.254 e. The van der Waals surface area contributed by atoms with Crippen molar-refractivity contribution in [1.82, 2.24) is 4.90 Å². The summed E-state index contributed by atoms with van der Waals surface area (Å²) in [6, 6.07) is 6.03. The zero-order chi connectivity index (χ0) is 10.8. The van der Waals surface area contributed by atoms with Gasteiger partial charge in [0.25, 0.3) is 5.91 Å². The Morgan fingerprint density at radius 2 is 2.27 bits per heavy atom. The van der Waals surface area contributed by atoms with Crippen LogP contribution in [0.25, 0.3) is 0 Å². The van der Waals surface area contributed by atoms with Crippen molar-refractivity contribution in [3.8, 4) is 0 Å². The Bertz CT molecular complexity index is 387. The van der Waals surface area contributed by atoms with Gasteiger partial charge in [-0.2, -0.15) is 0 Å². The first-order chi connectivity index (χ1) is 7.24. The summed E-state index contributed by atoms with van der Waals surface area (Å²) in [5.74, 6) is 0.163. The Balaban J connectivity index is 2.22. The van der Waals surface area contributed by atoms with E-state index >= 15 is 0 Å². The van der Waals surface area contributed by atoms with Gasteiger partial charge in [-0.05, 0) is 31.0 Å². The third kappa shape index (κ3) is 1.75. The first-order valence-electron chi connectivity index (χ1n) is 5.32. The highest BCUT2D eigenvalue weighted by Gasteiger charge is 2.27. The molecule has 0 unspecified atom stereocenters. The number of fused-ring (bicyclic) bond motifs is 1. The lowest BCUT2D eigenvalue weighted by Gasteiger charge is -2.14. The van der Waals surface area contributed by atoms with Crippen molar-refractivity contribution in [3.63, 3.8) is 0 Å². The molecule has 1 aromatic carbocycles. The molecule has 3 nitrogen and oxygen atoms in total. The summed E-state index contributed by atoms with van der Waals surface area (Å²) in [5, 5.41) is 0. The highest BCUT2D eigenvalue weighted by molar-refractivity contribution is 5.99. The number of rotatable bonds is 3. The van der Waals surface area contributed by atoms with E-state index in [0.29, 0.717) is 6.54 Å². The molecule has 2 rings (SSSR count). The van der Waals surface area contributed by atoms with Crippen LogP contribution in [-0.4, -0.2) is 23.9 Å². The maximum absolute atomic E-state index is 12.0. The van der Waals surface area contributed by atoms with E-state index in [1.807, 2.05) is 30.0 Å². The fourth-order valence-corrected chi connectivity index (χ4v) is 2.06. The van der Waals surface area contributed by atoms with Gasteiger partial charge in [0, 0.05) is 18.7 Å². The van der Waals surface area contributed by atoms with E-state index in [4.69, 9.17) is 5.73 Å². The van der Waals surface area contributed by atoms with E-state index in [2.05, 4.69) is 0 Å². The number of aryl methyl sites for hydroxylation is 1. The standard InChI is InChI=1S/C12H16N2O/c1-9-4-2-5-10-8-14(7-3-6-13)12(15)11(9)10/h2,4-5H,3,6-8,13H2,1H3. The van der Waals surface area contributed by atoms with Gasteiger partial charge in [-0.1, -0.05) is 18.2 Å². The quantitative estimate of drug-likeness (QED) is 0.806. The second kappa shape index (κ2) is 4.03. The summed E-state index contributed by atoms with van der Waals surface area (Å²) < 4.78 is 0. The molecule has 0 atom stereocenters. The Labute approximate surface area is 89.9 Å². The highest BCUT2D eigenvalue weighted by atomic mass is 16.2. The SMILES string of the molecule is Cc1cccc2c1C(=O)N(CCCN)C2. The Morgan fingerprint density at radius 3 is 2.93 bits per heavy atom. The predicted molar refractivity (Wildman–Crippen MR) is 59.6 cm³/mol. The molecule has 0 fully saturated rings. The Kier molecular flexibility index (Phi) is 2.73. The predicted octanol–water partition coefficient (Wildman–Crippen LogP) is 1.30. The van der Waals surface area contributed by atoms with Crippen LogP contribution in [-0.2, 0) is 6.54 Å². The average Bonchev–Trinajstić information content (AvgIpc) is 2.54. The molecule has 3 heteroatoms. The zero-order valence-corrected chi connectivity index (χ0v) is 8.99. The maximum atomic E-state index is 12.0. The molecule has 0 bridgehead atoms. The molecule has 0 saturated carbocycles. The van der Waals surface area contributed by atoms with Crippen LogP contribution < -0.4 is 5.73 Å². The lowest BCUT2D eigenvalue weighted by Crippen LogP contribution is -2.26. The zero-order valence-electron chi connectivity index (χ0n) is 8.99. The normalized spacial score (nSPS) is 14.5. The van der Waals surface area contributed by atoms with E-state index in [-0.39, 0.29) is 5.91 Å². The van der Waals surface area contributed by atoms with Crippen LogP contribution in [0.1, 0.15) is 27.9 Å². The van der Waals surface area contributed by atoms with E-state index in [0.717, 1.165) is 36.2 Å². The van der Waals surface area contributed by atoms with Crippen LogP contribution >= 0.6 is 0 Å². The van der Waals surface area contributed by atoms with Crippen molar-refractivity contribution in [2.75, 3.05) is 13.1 Å². The Hall–Kier alpha value is -1.35. The van der Waals surface area contributed by atoms with Crippen molar-refractivity contribution in [1.29, 1.82) is 0 Å². The number of carbonyl (C=O) groups is 1. The van der Waals surface area contributed by atoms with Gasteiger partial charge in [-0.15, -0.1) is 0 Å². The van der Waals surface area contributed by atoms with Gasteiger partial charge in [-0.3, -0.25) is 4.79 Å². The van der Waals surface area contributed by atoms with E-state index in [9.17, 15) is 4.79 Å². The molecule has 1 aliphatic rings. The first-order valence-corrected chi connectivity index (χ1v) is 5.32. The van der Waals surface area contributed by atoms with Crippen molar-refractivity contribution in [3.05, 3.63) is 34.9 Å². The van der Waals surface area contributed by atoms with Crippen molar-refractivity contribution in [2.45, 2.75) is 19.9 Å². The van der Waals surface area contributed by atoms with E-state index in [1.165, 1.54) is 0 Å². The molecular formula is C12H16N2O. The fraction of sp³-hybridized carbons (Fsp3) is 0.417. The molecule has 15 heavy (non-hydrogen) atoms. The molecule has 80 valence electrons. The van der Waals surface area contributed by atoms with Crippen LogP contribution in [0.5, 0.6) is 0 Å². The van der Waals surface area contributed by atoms with Gasteiger partial charge in [-0.25, -0.2) is 0 Å². The van der Waals surface area contributed by atoms with Crippen molar-refractivity contribution >= 4 is 5.91 Å². The summed E-state index contributed by atoms with van der Waals surface area (Å²) in [5.41, 5.74) is 8.57. The fourth-order valence-electron chi connectivity index (χ4n) is 2.06. The molecule has 2 N–H and O–H groups in total.